The zero-order valence-corrected chi connectivity index (χ0v) is 17.2. The molecular weight excluding hydrogens is 411 g/mol. The maximum Gasteiger partial charge on any atom is 0.287 e. The molecule has 3 aromatic rings. The standard InChI is InChI=1S/C22H20Cl2N2O3/c23-14-7-8-20-16(11-14)19(27)12-21(29-20)22(28)25-13-18(26-9-3-4-10-26)15-5-1-2-6-17(15)24/h1-2,5-8,11-12,18H,3-4,9-10,13H2,(H,25,28)/t18-/m0/s1. The van der Waals surface area contributed by atoms with Crippen molar-refractivity contribution in [1.29, 1.82) is 0 Å². The molecule has 1 saturated heterocycles. The van der Waals surface area contributed by atoms with Gasteiger partial charge < -0.3 is 9.73 Å². The number of amides is 1. The number of nitrogens with zero attached hydrogens (tertiary/aromatic N) is 1. The van der Waals surface area contributed by atoms with Gasteiger partial charge in [0.05, 0.1) is 11.4 Å². The second-order valence-electron chi connectivity index (χ2n) is 7.11. The average molecular weight is 431 g/mol. The first kappa shape index (κ1) is 20.0. The molecule has 29 heavy (non-hydrogen) atoms. The van der Waals surface area contributed by atoms with E-state index in [0.29, 0.717) is 27.6 Å². The summed E-state index contributed by atoms with van der Waals surface area (Å²) in [7, 11) is 0. The lowest BCUT2D eigenvalue weighted by Crippen LogP contribution is -2.37. The molecule has 2 aromatic carbocycles. The van der Waals surface area contributed by atoms with Gasteiger partial charge in [-0.05, 0) is 55.8 Å². The van der Waals surface area contributed by atoms with E-state index in [2.05, 4.69) is 10.2 Å². The Kier molecular flexibility index (Phi) is 5.90. The zero-order valence-electron chi connectivity index (χ0n) is 15.7. The topological polar surface area (TPSA) is 62.6 Å². The third kappa shape index (κ3) is 4.32. The molecule has 0 saturated carbocycles. The Morgan fingerprint density at radius 2 is 1.86 bits per heavy atom. The fourth-order valence-corrected chi connectivity index (χ4v) is 4.19. The van der Waals surface area contributed by atoms with Crippen LogP contribution < -0.4 is 10.7 Å². The van der Waals surface area contributed by atoms with Crippen molar-refractivity contribution in [3.8, 4) is 0 Å². The van der Waals surface area contributed by atoms with Crippen molar-refractivity contribution in [1.82, 2.24) is 10.2 Å². The summed E-state index contributed by atoms with van der Waals surface area (Å²) in [4.78, 5) is 27.4. The number of carbonyl (C=O) groups excluding carboxylic acids is 1. The van der Waals surface area contributed by atoms with E-state index < -0.39 is 5.91 Å². The van der Waals surface area contributed by atoms with Gasteiger partial charge in [0.25, 0.3) is 5.91 Å². The molecule has 4 rings (SSSR count). The first-order chi connectivity index (χ1) is 14.0. The lowest BCUT2D eigenvalue weighted by Gasteiger charge is -2.28. The van der Waals surface area contributed by atoms with Gasteiger partial charge in [-0.1, -0.05) is 41.4 Å². The quantitative estimate of drug-likeness (QED) is 0.638. The number of halogens is 2. The number of hydrogen-bond acceptors (Lipinski definition) is 4. The Morgan fingerprint density at radius 3 is 2.62 bits per heavy atom. The van der Waals surface area contributed by atoms with Crippen molar-refractivity contribution < 1.29 is 9.21 Å². The van der Waals surface area contributed by atoms with Crippen molar-refractivity contribution >= 4 is 40.1 Å². The number of likely N-dealkylation sites (tertiary alicyclic amines) is 1. The van der Waals surface area contributed by atoms with E-state index in [4.69, 9.17) is 27.6 Å². The van der Waals surface area contributed by atoms with Crippen molar-refractivity contribution in [2.45, 2.75) is 18.9 Å². The van der Waals surface area contributed by atoms with Gasteiger partial charge in [-0.2, -0.15) is 0 Å². The third-order valence-electron chi connectivity index (χ3n) is 5.21. The Labute approximate surface area is 178 Å². The van der Waals surface area contributed by atoms with Crippen LogP contribution in [-0.2, 0) is 0 Å². The highest BCUT2D eigenvalue weighted by Crippen LogP contribution is 2.29. The summed E-state index contributed by atoms with van der Waals surface area (Å²) in [6.07, 6.45) is 2.24. The molecule has 0 radical (unpaired) electrons. The van der Waals surface area contributed by atoms with Crippen LogP contribution in [0.1, 0.15) is 35.0 Å². The van der Waals surface area contributed by atoms with Crippen LogP contribution in [0.4, 0.5) is 0 Å². The monoisotopic (exact) mass is 430 g/mol. The summed E-state index contributed by atoms with van der Waals surface area (Å²) >= 11 is 12.4. The summed E-state index contributed by atoms with van der Waals surface area (Å²) in [5.41, 5.74) is 1.00. The highest BCUT2D eigenvalue weighted by Gasteiger charge is 2.26. The van der Waals surface area contributed by atoms with Gasteiger partial charge in [0.1, 0.15) is 5.58 Å². The molecule has 150 valence electrons. The van der Waals surface area contributed by atoms with Gasteiger partial charge in [-0.15, -0.1) is 0 Å². The molecule has 1 aromatic heterocycles. The van der Waals surface area contributed by atoms with E-state index in [1.54, 1.807) is 12.1 Å². The Bertz CT molecular complexity index is 1110. The van der Waals surface area contributed by atoms with Crippen LogP contribution in [0.2, 0.25) is 10.0 Å². The van der Waals surface area contributed by atoms with Crippen LogP contribution >= 0.6 is 23.2 Å². The average Bonchev–Trinajstić information content (AvgIpc) is 3.24. The van der Waals surface area contributed by atoms with Gasteiger partial charge >= 0.3 is 0 Å². The van der Waals surface area contributed by atoms with E-state index in [9.17, 15) is 9.59 Å². The molecule has 0 bridgehead atoms. The van der Waals surface area contributed by atoms with Crippen molar-refractivity contribution in [2.75, 3.05) is 19.6 Å². The minimum Gasteiger partial charge on any atom is -0.451 e. The van der Waals surface area contributed by atoms with Gasteiger partial charge in [0.15, 0.2) is 11.2 Å². The summed E-state index contributed by atoms with van der Waals surface area (Å²) in [5.74, 6) is -0.459. The third-order valence-corrected chi connectivity index (χ3v) is 5.79. The molecule has 1 aliphatic rings. The highest BCUT2D eigenvalue weighted by atomic mass is 35.5. The number of nitrogens with one attached hydrogen (secondary N) is 1. The first-order valence-electron chi connectivity index (χ1n) is 9.53. The van der Waals surface area contributed by atoms with E-state index >= 15 is 0 Å². The van der Waals surface area contributed by atoms with Gasteiger partial charge in [0.2, 0.25) is 0 Å². The summed E-state index contributed by atoms with van der Waals surface area (Å²) in [6, 6.07) is 13.6. The number of carbonyl (C=O) groups is 1. The van der Waals surface area contributed by atoms with Crippen molar-refractivity contribution in [2.24, 2.45) is 0 Å². The molecule has 1 N–H and O–H groups in total. The number of fused-ring (bicyclic) bond motifs is 1. The normalized spacial score (nSPS) is 15.5. The van der Waals surface area contributed by atoms with Crippen LogP contribution in [0.5, 0.6) is 0 Å². The first-order valence-corrected chi connectivity index (χ1v) is 10.3. The molecule has 0 aliphatic carbocycles. The predicted octanol–water partition coefficient (Wildman–Crippen LogP) is 4.67. The zero-order chi connectivity index (χ0) is 20.4. The van der Waals surface area contributed by atoms with Crippen LogP contribution in [0.15, 0.2) is 57.7 Å². The second-order valence-corrected chi connectivity index (χ2v) is 7.95. The lowest BCUT2D eigenvalue weighted by molar-refractivity contribution is 0.0910. The van der Waals surface area contributed by atoms with Crippen LogP contribution in [0.25, 0.3) is 11.0 Å². The molecular formula is C22H20Cl2N2O3. The van der Waals surface area contributed by atoms with Crippen LogP contribution in [0.3, 0.4) is 0 Å². The van der Waals surface area contributed by atoms with Gasteiger partial charge in [0, 0.05) is 22.7 Å². The second kappa shape index (κ2) is 8.57. The molecule has 1 fully saturated rings. The maximum absolute atomic E-state index is 12.7. The largest absolute Gasteiger partial charge is 0.451 e. The molecule has 5 nitrogen and oxygen atoms in total. The van der Waals surface area contributed by atoms with E-state index in [1.165, 1.54) is 12.1 Å². The van der Waals surface area contributed by atoms with Gasteiger partial charge in [-0.25, -0.2) is 0 Å². The minimum absolute atomic E-state index is 0.0239. The molecule has 2 heterocycles. The van der Waals surface area contributed by atoms with Crippen molar-refractivity contribution in [3.05, 3.63) is 80.1 Å². The van der Waals surface area contributed by atoms with Crippen LogP contribution in [0, 0.1) is 0 Å². The maximum atomic E-state index is 12.7. The number of rotatable bonds is 5. The van der Waals surface area contributed by atoms with Crippen molar-refractivity contribution in [3.63, 3.8) is 0 Å². The van der Waals surface area contributed by atoms with Crippen LogP contribution in [-0.4, -0.2) is 30.4 Å². The number of benzene rings is 2. The fourth-order valence-electron chi connectivity index (χ4n) is 3.75. The SMILES string of the molecule is O=C(NC[C@@H](c1ccccc1Cl)N1CCCC1)c1cc(=O)c2cc(Cl)ccc2o1. The lowest BCUT2D eigenvalue weighted by atomic mass is 10.1. The molecule has 0 unspecified atom stereocenters. The Hall–Kier alpha value is -2.34. The van der Waals surface area contributed by atoms with E-state index in [0.717, 1.165) is 31.5 Å². The molecule has 1 aliphatic heterocycles. The Balaban J connectivity index is 1.57. The summed E-state index contributed by atoms with van der Waals surface area (Å²) in [5, 5.41) is 4.37. The summed E-state index contributed by atoms with van der Waals surface area (Å²) < 4.78 is 5.64. The Morgan fingerprint density at radius 1 is 1.10 bits per heavy atom. The van der Waals surface area contributed by atoms with E-state index in [1.807, 2.05) is 24.3 Å². The minimum atomic E-state index is -0.435. The fraction of sp³-hybridized carbons (Fsp3) is 0.273. The van der Waals surface area contributed by atoms with E-state index in [-0.39, 0.29) is 17.2 Å². The summed E-state index contributed by atoms with van der Waals surface area (Å²) in [6.45, 7) is 2.28. The highest BCUT2D eigenvalue weighted by molar-refractivity contribution is 6.31. The predicted molar refractivity (Wildman–Crippen MR) is 115 cm³/mol. The molecule has 1 atom stereocenters. The number of hydrogen-bond donors (Lipinski definition) is 1. The molecule has 0 spiro atoms. The molecule has 7 heteroatoms. The smallest absolute Gasteiger partial charge is 0.287 e. The van der Waals surface area contributed by atoms with Gasteiger partial charge in [-0.3, -0.25) is 14.5 Å². The molecule has 1 amide bonds.